The van der Waals surface area contributed by atoms with Crippen LogP contribution in [0.15, 0.2) is 35.8 Å². The maximum Gasteiger partial charge on any atom is 0.223 e. The second-order valence-electron chi connectivity index (χ2n) is 7.04. The number of benzene rings is 1. The molecule has 5 heteroatoms. The lowest BCUT2D eigenvalue weighted by Crippen LogP contribution is -2.43. The second-order valence-corrected chi connectivity index (χ2v) is 7.98. The number of amides is 1. The van der Waals surface area contributed by atoms with Gasteiger partial charge in [0, 0.05) is 44.0 Å². The number of fused-ring (bicyclic) bond motifs is 1. The van der Waals surface area contributed by atoms with E-state index in [0.29, 0.717) is 24.2 Å². The largest absolute Gasteiger partial charge is 0.338 e. The number of hydrogen-bond donors (Lipinski definition) is 0. The Balaban J connectivity index is 1.39. The molecule has 0 radical (unpaired) electrons. The lowest BCUT2D eigenvalue weighted by Gasteiger charge is -2.34. The first-order chi connectivity index (χ1) is 11.7. The summed E-state index contributed by atoms with van der Waals surface area (Å²) < 4.78 is 0. The van der Waals surface area contributed by atoms with E-state index in [1.54, 1.807) is 11.3 Å². The number of rotatable bonds is 4. The van der Waals surface area contributed by atoms with E-state index in [1.165, 1.54) is 10.4 Å². The molecule has 2 aromatic rings. The molecular formula is C19H23N3OS. The molecule has 2 fully saturated rings. The van der Waals surface area contributed by atoms with E-state index >= 15 is 0 Å². The first-order valence-electron chi connectivity index (χ1n) is 8.62. The van der Waals surface area contributed by atoms with Crippen molar-refractivity contribution in [2.75, 3.05) is 19.6 Å². The van der Waals surface area contributed by atoms with E-state index in [1.807, 2.05) is 23.7 Å². The van der Waals surface area contributed by atoms with Crippen molar-refractivity contribution in [2.45, 2.75) is 26.4 Å². The van der Waals surface area contributed by atoms with Gasteiger partial charge in [-0.25, -0.2) is 4.98 Å². The van der Waals surface area contributed by atoms with E-state index < -0.39 is 0 Å². The van der Waals surface area contributed by atoms with Crippen molar-refractivity contribution in [2.24, 2.45) is 11.8 Å². The predicted octanol–water partition coefficient (Wildman–Crippen LogP) is 2.93. The molecule has 2 aliphatic heterocycles. The summed E-state index contributed by atoms with van der Waals surface area (Å²) in [6.07, 6.45) is 0.704. The van der Waals surface area contributed by atoms with Crippen LogP contribution in [0.4, 0.5) is 0 Å². The van der Waals surface area contributed by atoms with Crippen LogP contribution in [-0.2, 0) is 17.9 Å². The van der Waals surface area contributed by atoms with Crippen LogP contribution in [0.2, 0.25) is 0 Å². The van der Waals surface area contributed by atoms with Crippen LogP contribution >= 0.6 is 11.3 Å². The second kappa shape index (κ2) is 6.65. The highest BCUT2D eigenvalue weighted by atomic mass is 32.1. The van der Waals surface area contributed by atoms with Crippen molar-refractivity contribution in [3.05, 3.63) is 52.0 Å². The van der Waals surface area contributed by atoms with Gasteiger partial charge in [0.25, 0.3) is 0 Å². The molecule has 0 aliphatic carbocycles. The minimum Gasteiger partial charge on any atom is -0.338 e. The maximum absolute atomic E-state index is 12.5. The van der Waals surface area contributed by atoms with E-state index in [0.717, 1.165) is 38.4 Å². The van der Waals surface area contributed by atoms with Crippen molar-refractivity contribution in [1.29, 1.82) is 0 Å². The number of thiazole rings is 1. The van der Waals surface area contributed by atoms with Gasteiger partial charge in [0.2, 0.25) is 5.91 Å². The summed E-state index contributed by atoms with van der Waals surface area (Å²) in [4.78, 5) is 22.8. The molecular weight excluding hydrogens is 318 g/mol. The van der Waals surface area contributed by atoms with Crippen LogP contribution in [0.1, 0.15) is 22.6 Å². The Hall–Kier alpha value is -1.72. The Morgan fingerprint density at radius 2 is 1.92 bits per heavy atom. The zero-order chi connectivity index (χ0) is 16.5. The van der Waals surface area contributed by atoms with Gasteiger partial charge in [-0.3, -0.25) is 9.69 Å². The Bertz CT molecular complexity index is 714. The molecule has 126 valence electrons. The van der Waals surface area contributed by atoms with Gasteiger partial charge in [0.1, 0.15) is 0 Å². The van der Waals surface area contributed by atoms with Crippen LogP contribution < -0.4 is 0 Å². The Morgan fingerprint density at radius 3 is 2.67 bits per heavy atom. The molecule has 0 unspecified atom stereocenters. The number of nitrogens with zero attached hydrogens (tertiary/aromatic N) is 3. The maximum atomic E-state index is 12.5. The van der Waals surface area contributed by atoms with Crippen molar-refractivity contribution in [3.8, 4) is 0 Å². The summed E-state index contributed by atoms with van der Waals surface area (Å²) in [5.41, 5.74) is 4.30. The average molecular weight is 341 g/mol. The highest BCUT2D eigenvalue weighted by Crippen LogP contribution is 2.33. The van der Waals surface area contributed by atoms with Gasteiger partial charge < -0.3 is 4.90 Å². The first-order valence-corrected chi connectivity index (χ1v) is 9.50. The molecule has 3 heterocycles. The lowest BCUT2D eigenvalue weighted by atomic mass is 9.88. The molecule has 1 amide bonds. The third-order valence-electron chi connectivity index (χ3n) is 5.32. The van der Waals surface area contributed by atoms with Crippen LogP contribution in [0.3, 0.4) is 0 Å². The predicted molar refractivity (Wildman–Crippen MR) is 95.6 cm³/mol. The molecule has 0 saturated carbocycles. The molecule has 4 rings (SSSR count). The SMILES string of the molecule is Cc1ncsc1CN1C[C@@H]2CC(=O)N(Cc3ccccc3)C[C@@H]2C1. The topological polar surface area (TPSA) is 36.4 Å². The summed E-state index contributed by atoms with van der Waals surface area (Å²) in [6.45, 7) is 6.86. The van der Waals surface area contributed by atoms with Crippen LogP contribution in [0.25, 0.3) is 0 Å². The van der Waals surface area contributed by atoms with Gasteiger partial charge in [0.05, 0.1) is 11.2 Å². The minimum absolute atomic E-state index is 0.316. The number of piperidine rings is 1. The fourth-order valence-corrected chi connectivity index (χ4v) is 4.80. The van der Waals surface area contributed by atoms with E-state index in [9.17, 15) is 4.79 Å². The summed E-state index contributed by atoms with van der Waals surface area (Å²) >= 11 is 1.74. The summed E-state index contributed by atoms with van der Waals surface area (Å²) in [5, 5.41) is 0. The monoisotopic (exact) mass is 341 g/mol. The fraction of sp³-hybridized carbons (Fsp3) is 0.474. The third kappa shape index (κ3) is 3.23. The standard InChI is InChI=1S/C19H23N3OS/c1-14-18(24-13-20-14)12-21-9-16-7-19(23)22(11-17(16)10-21)8-15-5-3-2-4-6-15/h2-6,13,16-17H,7-12H2,1H3/t16-,17-/m0/s1. The smallest absolute Gasteiger partial charge is 0.223 e. The number of aryl methyl sites for hydroxylation is 1. The number of carbonyl (C=O) groups is 1. The first kappa shape index (κ1) is 15.8. The van der Waals surface area contributed by atoms with E-state index in [-0.39, 0.29) is 0 Å². The summed E-state index contributed by atoms with van der Waals surface area (Å²) in [5.74, 6) is 1.45. The Morgan fingerprint density at radius 1 is 1.12 bits per heavy atom. The van der Waals surface area contributed by atoms with Crippen LogP contribution in [0.5, 0.6) is 0 Å². The van der Waals surface area contributed by atoms with Crippen LogP contribution in [0, 0.1) is 18.8 Å². The van der Waals surface area contributed by atoms with Gasteiger partial charge in [-0.15, -0.1) is 11.3 Å². The van der Waals surface area contributed by atoms with Crippen molar-refractivity contribution in [1.82, 2.24) is 14.8 Å². The Kier molecular flexibility index (Phi) is 4.37. The zero-order valence-electron chi connectivity index (χ0n) is 14.0. The van der Waals surface area contributed by atoms with E-state index in [2.05, 4.69) is 33.8 Å². The lowest BCUT2D eigenvalue weighted by molar-refractivity contribution is -0.136. The summed E-state index contributed by atoms with van der Waals surface area (Å²) in [6, 6.07) is 10.3. The highest BCUT2D eigenvalue weighted by Gasteiger charge is 2.40. The molecule has 1 aromatic carbocycles. The van der Waals surface area contributed by atoms with Gasteiger partial charge in [-0.1, -0.05) is 30.3 Å². The number of hydrogen-bond acceptors (Lipinski definition) is 4. The van der Waals surface area contributed by atoms with Crippen molar-refractivity contribution < 1.29 is 4.79 Å². The molecule has 2 saturated heterocycles. The van der Waals surface area contributed by atoms with Crippen LogP contribution in [-0.4, -0.2) is 40.3 Å². The average Bonchev–Trinajstić information content (AvgIpc) is 3.15. The van der Waals surface area contributed by atoms with Crippen molar-refractivity contribution >= 4 is 17.2 Å². The summed E-state index contributed by atoms with van der Waals surface area (Å²) in [7, 11) is 0. The molecule has 4 nitrogen and oxygen atoms in total. The number of carbonyl (C=O) groups excluding carboxylic acids is 1. The van der Waals surface area contributed by atoms with Gasteiger partial charge in [-0.05, 0) is 24.3 Å². The van der Waals surface area contributed by atoms with Gasteiger partial charge in [0.15, 0.2) is 0 Å². The zero-order valence-corrected chi connectivity index (χ0v) is 14.8. The Labute approximate surface area is 147 Å². The minimum atomic E-state index is 0.316. The molecule has 0 bridgehead atoms. The van der Waals surface area contributed by atoms with E-state index in [4.69, 9.17) is 0 Å². The molecule has 24 heavy (non-hydrogen) atoms. The normalized spacial score (nSPS) is 24.4. The molecule has 0 N–H and O–H groups in total. The van der Waals surface area contributed by atoms with Gasteiger partial charge in [-0.2, -0.15) is 0 Å². The van der Waals surface area contributed by atoms with Gasteiger partial charge >= 0.3 is 0 Å². The van der Waals surface area contributed by atoms with Crippen molar-refractivity contribution in [3.63, 3.8) is 0 Å². The molecule has 2 aliphatic rings. The number of likely N-dealkylation sites (tertiary alicyclic amines) is 2. The molecule has 2 atom stereocenters. The molecule has 1 aromatic heterocycles. The third-order valence-corrected chi connectivity index (χ3v) is 6.24. The number of aromatic nitrogens is 1. The highest BCUT2D eigenvalue weighted by molar-refractivity contribution is 7.09. The quantitative estimate of drug-likeness (QED) is 0.858. The molecule has 0 spiro atoms. The fourth-order valence-electron chi connectivity index (χ4n) is 3.98.